The average Bonchev–Trinajstić information content (AvgIpc) is 2.82. The van der Waals surface area contributed by atoms with Crippen LogP contribution in [-0.4, -0.2) is 23.0 Å². The van der Waals surface area contributed by atoms with Crippen LogP contribution in [0.4, 0.5) is 0 Å². The summed E-state index contributed by atoms with van der Waals surface area (Å²) >= 11 is 0. The molecule has 0 heterocycles. The standard InChI is InChI=1S/C33H69N/c1-7-10-13-16-19-22-25-28-31(4)34(32(5)29-26-23-20-17-14-11-8-2)33(6)30-27-24-21-18-15-12-9-3/h31-33H,7-30H2,1-6H3. The summed E-state index contributed by atoms with van der Waals surface area (Å²) in [6, 6.07) is 2.24. The molecule has 0 spiro atoms. The third kappa shape index (κ3) is 20.2. The van der Waals surface area contributed by atoms with Gasteiger partial charge in [0.15, 0.2) is 0 Å². The SMILES string of the molecule is CCCCCCCCCC(C)N(C(C)CCCCCCCCC)C(C)CCCCCCCCC. The molecule has 3 atom stereocenters. The van der Waals surface area contributed by atoms with Crippen LogP contribution in [0.2, 0.25) is 0 Å². The molecule has 0 saturated heterocycles. The quantitative estimate of drug-likeness (QED) is 0.106. The molecule has 206 valence electrons. The van der Waals surface area contributed by atoms with E-state index in [0.717, 1.165) is 18.1 Å². The minimum absolute atomic E-state index is 0.745. The summed E-state index contributed by atoms with van der Waals surface area (Å²) in [6.45, 7) is 14.6. The Morgan fingerprint density at radius 3 is 0.765 bits per heavy atom. The molecule has 1 nitrogen and oxygen atoms in total. The predicted octanol–water partition coefficient (Wildman–Crippen LogP) is 11.9. The summed E-state index contributed by atoms with van der Waals surface area (Å²) in [5.41, 5.74) is 0. The molecule has 0 aromatic heterocycles. The van der Waals surface area contributed by atoms with Gasteiger partial charge in [-0.3, -0.25) is 4.90 Å². The second-order valence-electron chi connectivity index (χ2n) is 11.7. The molecule has 0 aromatic rings. The van der Waals surface area contributed by atoms with Crippen LogP contribution in [0, 0.1) is 0 Å². The van der Waals surface area contributed by atoms with Crippen LogP contribution in [0.1, 0.15) is 196 Å². The van der Waals surface area contributed by atoms with Crippen LogP contribution >= 0.6 is 0 Å². The zero-order valence-electron chi connectivity index (χ0n) is 25.1. The molecule has 34 heavy (non-hydrogen) atoms. The van der Waals surface area contributed by atoms with E-state index >= 15 is 0 Å². The Kier molecular flexibility index (Phi) is 26.0. The fourth-order valence-corrected chi connectivity index (χ4v) is 5.94. The maximum Gasteiger partial charge on any atom is 0.00725 e. The smallest absolute Gasteiger partial charge is 0.00725 e. The van der Waals surface area contributed by atoms with Crippen LogP contribution in [0.15, 0.2) is 0 Å². The molecule has 0 radical (unpaired) electrons. The molecular formula is C33H69N. The van der Waals surface area contributed by atoms with E-state index in [2.05, 4.69) is 46.4 Å². The lowest BCUT2D eigenvalue weighted by Crippen LogP contribution is -2.46. The maximum atomic E-state index is 2.95. The fourth-order valence-electron chi connectivity index (χ4n) is 5.94. The van der Waals surface area contributed by atoms with Crippen LogP contribution in [0.5, 0.6) is 0 Å². The summed E-state index contributed by atoms with van der Waals surface area (Å²) in [4.78, 5) is 2.95. The molecule has 0 aromatic carbocycles. The normalized spacial score (nSPS) is 14.6. The summed E-state index contributed by atoms with van der Waals surface area (Å²) in [5, 5.41) is 0. The third-order valence-corrected chi connectivity index (χ3v) is 8.20. The molecule has 0 bridgehead atoms. The molecule has 0 aliphatic carbocycles. The Balaban J connectivity index is 4.44. The van der Waals surface area contributed by atoms with E-state index in [0.29, 0.717) is 0 Å². The van der Waals surface area contributed by atoms with E-state index in [-0.39, 0.29) is 0 Å². The van der Waals surface area contributed by atoms with Gasteiger partial charge in [0.05, 0.1) is 0 Å². The van der Waals surface area contributed by atoms with E-state index in [9.17, 15) is 0 Å². The largest absolute Gasteiger partial charge is 0.295 e. The highest BCUT2D eigenvalue weighted by Crippen LogP contribution is 2.24. The lowest BCUT2D eigenvalue weighted by Gasteiger charge is -2.40. The van der Waals surface area contributed by atoms with Gasteiger partial charge in [0.2, 0.25) is 0 Å². The zero-order valence-corrected chi connectivity index (χ0v) is 25.1. The second kappa shape index (κ2) is 26.0. The number of nitrogens with zero attached hydrogens (tertiary/aromatic N) is 1. The van der Waals surface area contributed by atoms with Gasteiger partial charge in [-0.05, 0) is 40.0 Å². The van der Waals surface area contributed by atoms with Crippen molar-refractivity contribution in [3.05, 3.63) is 0 Å². The Morgan fingerprint density at radius 2 is 0.529 bits per heavy atom. The minimum atomic E-state index is 0.745. The molecule has 3 unspecified atom stereocenters. The van der Waals surface area contributed by atoms with Crippen molar-refractivity contribution in [3.63, 3.8) is 0 Å². The monoisotopic (exact) mass is 480 g/mol. The molecule has 0 fully saturated rings. The van der Waals surface area contributed by atoms with Gasteiger partial charge in [0.25, 0.3) is 0 Å². The molecule has 0 aliphatic rings. The van der Waals surface area contributed by atoms with Gasteiger partial charge in [-0.2, -0.15) is 0 Å². The van der Waals surface area contributed by atoms with Crippen molar-refractivity contribution >= 4 is 0 Å². The summed E-state index contributed by atoms with van der Waals surface area (Å²) in [7, 11) is 0. The first-order valence-corrected chi connectivity index (χ1v) is 16.4. The molecule has 0 amide bonds. The van der Waals surface area contributed by atoms with Gasteiger partial charge >= 0.3 is 0 Å². The Bertz CT molecular complexity index is 322. The highest BCUT2D eigenvalue weighted by Gasteiger charge is 2.24. The van der Waals surface area contributed by atoms with E-state index in [4.69, 9.17) is 0 Å². The van der Waals surface area contributed by atoms with E-state index in [1.54, 1.807) is 0 Å². The van der Waals surface area contributed by atoms with Crippen LogP contribution in [0.3, 0.4) is 0 Å². The van der Waals surface area contributed by atoms with E-state index in [1.165, 1.54) is 154 Å². The average molecular weight is 480 g/mol. The van der Waals surface area contributed by atoms with E-state index in [1.807, 2.05) is 0 Å². The Morgan fingerprint density at radius 1 is 0.324 bits per heavy atom. The first kappa shape index (κ1) is 34.0. The first-order valence-electron chi connectivity index (χ1n) is 16.4. The summed E-state index contributed by atoms with van der Waals surface area (Å²) in [5.74, 6) is 0. The minimum Gasteiger partial charge on any atom is -0.295 e. The van der Waals surface area contributed by atoms with Gasteiger partial charge in [-0.25, -0.2) is 0 Å². The van der Waals surface area contributed by atoms with Crippen molar-refractivity contribution in [3.8, 4) is 0 Å². The molecule has 1 heteroatoms. The second-order valence-corrected chi connectivity index (χ2v) is 11.7. The fraction of sp³-hybridized carbons (Fsp3) is 1.00. The Hall–Kier alpha value is -0.0400. The zero-order chi connectivity index (χ0) is 25.3. The number of hydrogen-bond donors (Lipinski definition) is 0. The number of hydrogen-bond acceptors (Lipinski definition) is 1. The van der Waals surface area contributed by atoms with Crippen molar-refractivity contribution in [1.29, 1.82) is 0 Å². The Labute approximate surface area is 218 Å². The maximum absolute atomic E-state index is 2.95. The van der Waals surface area contributed by atoms with Gasteiger partial charge in [0, 0.05) is 18.1 Å². The summed E-state index contributed by atoms with van der Waals surface area (Å²) < 4.78 is 0. The van der Waals surface area contributed by atoms with Crippen LogP contribution in [-0.2, 0) is 0 Å². The van der Waals surface area contributed by atoms with Crippen molar-refractivity contribution in [2.24, 2.45) is 0 Å². The van der Waals surface area contributed by atoms with Gasteiger partial charge in [0.1, 0.15) is 0 Å². The molecule has 0 aliphatic heterocycles. The lowest BCUT2D eigenvalue weighted by atomic mass is 9.97. The molecular weight excluding hydrogens is 410 g/mol. The van der Waals surface area contributed by atoms with Gasteiger partial charge in [-0.1, -0.05) is 156 Å². The van der Waals surface area contributed by atoms with Crippen molar-refractivity contribution < 1.29 is 0 Å². The summed E-state index contributed by atoms with van der Waals surface area (Å²) in [6.07, 6.45) is 34.2. The van der Waals surface area contributed by atoms with Gasteiger partial charge in [-0.15, -0.1) is 0 Å². The van der Waals surface area contributed by atoms with Crippen molar-refractivity contribution in [2.45, 2.75) is 214 Å². The van der Waals surface area contributed by atoms with E-state index < -0.39 is 0 Å². The molecule has 0 saturated carbocycles. The molecule has 0 rings (SSSR count). The topological polar surface area (TPSA) is 3.24 Å². The highest BCUT2D eigenvalue weighted by atomic mass is 15.2. The van der Waals surface area contributed by atoms with Gasteiger partial charge < -0.3 is 0 Å². The number of rotatable bonds is 27. The highest BCUT2D eigenvalue weighted by molar-refractivity contribution is 4.79. The first-order chi connectivity index (χ1) is 16.6. The third-order valence-electron chi connectivity index (χ3n) is 8.20. The predicted molar refractivity (Wildman–Crippen MR) is 158 cm³/mol. The molecule has 0 N–H and O–H groups in total. The van der Waals surface area contributed by atoms with Crippen LogP contribution < -0.4 is 0 Å². The van der Waals surface area contributed by atoms with Crippen LogP contribution in [0.25, 0.3) is 0 Å². The lowest BCUT2D eigenvalue weighted by molar-refractivity contribution is 0.0834. The number of unbranched alkanes of at least 4 members (excludes halogenated alkanes) is 18. The van der Waals surface area contributed by atoms with Crippen molar-refractivity contribution in [2.75, 3.05) is 0 Å². The van der Waals surface area contributed by atoms with Crippen molar-refractivity contribution in [1.82, 2.24) is 4.90 Å².